The highest BCUT2D eigenvalue weighted by Gasteiger charge is 2.33. The van der Waals surface area contributed by atoms with Crippen LogP contribution in [0.2, 0.25) is 0 Å². The van der Waals surface area contributed by atoms with Crippen LogP contribution < -0.4 is 4.74 Å². The summed E-state index contributed by atoms with van der Waals surface area (Å²) >= 11 is 0. The number of Topliss-reactive ketones (excluding diaryl/α,β-unsaturated/α-hetero) is 1. The number of hydrogen-bond donors (Lipinski definition) is 0. The maximum atomic E-state index is 13.1. The predicted molar refractivity (Wildman–Crippen MR) is 108 cm³/mol. The minimum atomic E-state index is -0.204. The van der Waals surface area contributed by atoms with Gasteiger partial charge in [-0.25, -0.2) is 0 Å². The Labute approximate surface area is 171 Å². The van der Waals surface area contributed by atoms with Gasteiger partial charge in [0.25, 0.3) is 5.91 Å². The van der Waals surface area contributed by atoms with Crippen molar-refractivity contribution in [1.82, 2.24) is 10.1 Å². The fourth-order valence-corrected chi connectivity index (χ4v) is 4.31. The Balaban J connectivity index is 1.47. The summed E-state index contributed by atoms with van der Waals surface area (Å²) in [4.78, 5) is 28.0. The van der Waals surface area contributed by atoms with Crippen LogP contribution in [0.4, 0.5) is 0 Å². The van der Waals surface area contributed by atoms with Crippen molar-refractivity contribution >= 4 is 11.7 Å². The third-order valence-electron chi connectivity index (χ3n) is 5.72. The zero-order valence-corrected chi connectivity index (χ0v) is 17.1. The van der Waals surface area contributed by atoms with E-state index in [4.69, 9.17) is 9.26 Å². The second-order valence-corrected chi connectivity index (χ2v) is 8.29. The fourth-order valence-electron chi connectivity index (χ4n) is 4.31. The summed E-state index contributed by atoms with van der Waals surface area (Å²) in [5.41, 5.74) is 2.05. The van der Waals surface area contributed by atoms with Crippen LogP contribution in [0, 0.1) is 5.92 Å². The lowest BCUT2D eigenvalue weighted by molar-refractivity contribution is 0.0627. The molecule has 4 rings (SSSR count). The Morgan fingerprint density at radius 2 is 2.03 bits per heavy atom. The summed E-state index contributed by atoms with van der Waals surface area (Å²) in [5.74, 6) is 1.31. The molecule has 1 amide bonds. The molecule has 1 aliphatic heterocycles. The molecule has 154 valence electrons. The molecule has 1 aliphatic carbocycles. The number of amides is 1. The zero-order valence-electron chi connectivity index (χ0n) is 17.1. The number of fused-ring (bicyclic) bond motifs is 1. The van der Waals surface area contributed by atoms with E-state index in [1.807, 2.05) is 32.0 Å². The molecule has 1 aromatic heterocycles. The van der Waals surface area contributed by atoms with E-state index in [0.29, 0.717) is 30.1 Å². The number of aryl methyl sites for hydroxylation is 1. The van der Waals surface area contributed by atoms with Crippen LogP contribution in [0.3, 0.4) is 0 Å². The van der Waals surface area contributed by atoms with Gasteiger partial charge in [0, 0.05) is 36.6 Å². The van der Waals surface area contributed by atoms with Crippen molar-refractivity contribution in [2.24, 2.45) is 5.92 Å². The topological polar surface area (TPSA) is 72.6 Å². The summed E-state index contributed by atoms with van der Waals surface area (Å²) in [6, 6.07) is 7.33. The number of aromatic nitrogens is 1. The molecule has 2 aromatic rings. The first-order valence-corrected chi connectivity index (χ1v) is 10.6. The normalized spacial score (nSPS) is 19.1. The van der Waals surface area contributed by atoms with E-state index >= 15 is 0 Å². The highest BCUT2D eigenvalue weighted by atomic mass is 16.5. The summed E-state index contributed by atoms with van der Waals surface area (Å²) in [6.45, 7) is 5.00. The molecule has 29 heavy (non-hydrogen) atoms. The Bertz CT molecular complexity index is 902. The molecule has 0 N–H and O–H groups in total. The van der Waals surface area contributed by atoms with Gasteiger partial charge in [-0.2, -0.15) is 0 Å². The van der Waals surface area contributed by atoms with Gasteiger partial charge in [0.2, 0.25) is 0 Å². The van der Waals surface area contributed by atoms with E-state index in [1.54, 1.807) is 11.0 Å². The van der Waals surface area contributed by atoms with Gasteiger partial charge in [0.15, 0.2) is 11.5 Å². The van der Waals surface area contributed by atoms with Crippen molar-refractivity contribution in [1.29, 1.82) is 0 Å². The molecule has 0 unspecified atom stereocenters. The minimum Gasteiger partial charge on any atom is -0.491 e. The number of hydrogen-bond acceptors (Lipinski definition) is 5. The number of nitrogens with zero attached hydrogens (tertiary/aromatic N) is 2. The van der Waals surface area contributed by atoms with Crippen LogP contribution in [-0.4, -0.2) is 40.9 Å². The van der Waals surface area contributed by atoms with E-state index in [-0.39, 0.29) is 23.7 Å². The van der Waals surface area contributed by atoms with Crippen molar-refractivity contribution in [2.45, 2.75) is 58.5 Å². The van der Waals surface area contributed by atoms with Crippen LogP contribution >= 0.6 is 0 Å². The number of ether oxygens (including phenoxy) is 1. The van der Waals surface area contributed by atoms with Crippen LogP contribution in [0.1, 0.15) is 71.7 Å². The van der Waals surface area contributed by atoms with Crippen molar-refractivity contribution < 1.29 is 18.8 Å². The molecule has 6 nitrogen and oxygen atoms in total. The van der Waals surface area contributed by atoms with Gasteiger partial charge >= 0.3 is 0 Å². The number of rotatable bonds is 5. The van der Waals surface area contributed by atoms with Gasteiger partial charge in [-0.05, 0) is 58.1 Å². The third-order valence-corrected chi connectivity index (χ3v) is 5.72. The van der Waals surface area contributed by atoms with Gasteiger partial charge < -0.3 is 14.2 Å². The van der Waals surface area contributed by atoms with Gasteiger partial charge in [0.1, 0.15) is 11.5 Å². The van der Waals surface area contributed by atoms with Crippen molar-refractivity contribution in [3.8, 4) is 5.75 Å². The lowest BCUT2D eigenvalue weighted by Gasteiger charge is -2.31. The molecule has 2 heterocycles. The van der Waals surface area contributed by atoms with Crippen LogP contribution in [-0.2, 0) is 12.8 Å². The number of carbonyl (C=O) groups excluding carboxylic acids is 2. The summed E-state index contributed by atoms with van der Waals surface area (Å²) in [6.07, 6.45) is 5.49. The molecule has 1 saturated heterocycles. The molecule has 1 fully saturated rings. The van der Waals surface area contributed by atoms with E-state index < -0.39 is 0 Å². The van der Waals surface area contributed by atoms with E-state index in [9.17, 15) is 9.59 Å². The molecular formula is C23H28N2O4. The second-order valence-electron chi connectivity index (χ2n) is 8.29. The number of ketones is 1. The van der Waals surface area contributed by atoms with Gasteiger partial charge in [-0.3, -0.25) is 9.59 Å². The monoisotopic (exact) mass is 396 g/mol. The summed E-state index contributed by atoms with van der Waals surface area (Å²) < 4.78 is 11.1. The molecule has 2 aliphatic rings. The van der Waals surface area contributed by atoms with Crippen molar-refractivity contribution in [2.75, 3.05) is 13.1 Å². The standard InChI is InChI=1S/C23H28N2O4/c1-15(2)28-18-9-5-7-16(13-18)22(26)17-8-6-12-25(14-17)23(27)21-19-10-3-4-11-20(19)29-24-21/h5,7,9,13,15,17H,3-4,6,8,10-12,14H2,1-2H3/t17-/m0/s1. The minimum absolute atomic E-state index is 0.0523. The SMILES string of the molecule is CC(C)Oc1cccc(C(=O)[C@H]2CCCN(C(=O)c3noc4c3CCCC4)C2)c1. The third kappa shape index (κ3) is 4.21. The Kier molecular flexibility index (Phi) is 5.69. The van der Waals surface area contributed by atoms with E-state index in [2.05, 4.69) is 5.16 Å². The van der Waals surface area contributed by atoms with Crippen LogP contribution in [0.5, 0.6) is 5.75 Å². The number of carbonyl (C=O) groups is 2. The second kappa shape index (κ2) is 8.39. The van der Waals surface area contributed by atoms with Crippen LogP contribution in [0.15, 0.2) is 28.8 Å². The van der Waals surface area contributed by atoms with E-state index in [1.165, 1.54) is 0 Å². The molecule has 0 spiro atoms. The quantitative estimate of drug-likeness (QED) is 0.712. The Morgan fingerprint density at radius 1 is 1.21 bits per heavy atom. The number of piperidine rings is 1. The van der Waals surface area contributed by atoms with Crippen molar-refractivity contribution in [3.63, 3.8) is 0 Å². The maximum Gasteiger partial charge on any atom is 0.276 e. The molecule has 6 heteroatoms. The summed E-state index contributed by atoms with van der Waals surface area (Å²) in [7, 11) is 0. The largest absolute Gasteiger partial charge is 0.491 e. The molecule has 0 bridgehead atoms. The predicted octanol–water partition coefficient (Wildman–Crippen LogP) is 4.08. The molecule has 0 saturated carbocycles. The lowest BCUT2D eigenvalue weighted by Crippen LogP contribution is -2.42. The molecule has 1 atom stereocenters. The molecular weight excluding hydrogens is 368 g/mol. The van der Waals surface area contributed by atoms with Gasteiger partial charge in [0.05, 0.1) is 6.10 Å². The average molecular weight is 396 g/mol. The first-order chi connectivity index (χ1) is 14.0. The zero-order chi connectivity index (χ0) is 20.4. The molecule has 1 aromatic carbocycles. The number of likely N-dealkylation sites (tertiary alicyclic amines) is 1. The fraction of sp³-hybridized carbons (Fsp3) is 0.522. The highest BCUT2D eigenvalue weighted by molar-refractivity contribution is 5.99. The lowest BCUT2D eigenvalue weighted by atomic mass is 9.89. The van der Waals surface area contributed by atoms with E-state index in [0.717, 1.165) is 49.8 Å². The van der Waals surface area contributed by atoms with Crippen LogP contribution in [0.25, 0.3) is 0 Å². The first-order valence-electron chi connectivity index (χ1n) is 10.6. The average Bonchev–Trinajstić information content (AvgIpc) is 3.16. The molecule has 0 radical (unpaired) electrons. The van der Waals surface area contributed by atoms with Crippen molar-refractivity contribution in [3.05, 3.63) is 46.8 Å². The highest BCUT2D eigenvalue weighted by Crippen LogP contribution is 2.28. The maximum absolute atomic E-state index is 13.1. The first kappa shape index (κ1) is 19.7. The van der Waals surface area contributed by atoms with Gasteiger partial charge in [-0.1, -0.05) is 17.3 Å². The van der Waals surface area contributed by atoms with Gasteiger partial charge in [-0.15, -0.1) is 0 Å². The number of benzene rings is 1. The summed E-state index contributed by atoms with van der Waals surface area (Å²) in [5, 5.41) is 4.07. The Hall–Kier alpha value is -2.63. The smallest absolute Gasteiger partial charge is 0.276 e. The Morgan fingerprint density at radius 3 is 2.86 bits per heavy atom.